The van der Waals surface area contributed by atoms with Crippen LogP contribution in [0.2, 0.25) is 4.31 Å². The molecule has 1 aliphatic rings. The Morgan fingerprint density at radius 1 is 1.29 bits per heavy atom. The van der Waals surface area contributed by atoms with E-state index in [2.05, 4.69) is 24.3 Å². The van der Waals surface area contributed by atoms with Gasteiger partial charge >= 0.3 is 54.7 Å². The molecule has 0 aromatic carbocycles. The molecule has 1 rings (SSSR count). The summed E-state index contributed by atoms with van der Waals surface area (Å²) in [5, 5.41) is 0. The zero-order chi connectivity index (χ0) is 5.11. The van der Waals surface area contributed by atoms with Crippen LogP contribution in [0.4, 0.5) is 0 Å². The van der Waals surface area contributed by atoms with Gasteiger partial charge in [-0.2, -0.15) is 0 Å². The molecule has 0 N–H and O–H groups in total. The van der Waals surface area contributed by atoms with E-state index in [-0.39, 0.29) is 0 Å². The van der Waals surface area contributed by atoms with Crippen molar-refractivity contribution in [3.05, 3.63) is 24.3 Å². The summed E-state index contributed by atoms with van der Waals surface area (Å²) >= 11 is 0.421. The minimum absolute atomic E-state index is 0.421. The van der Waals surface area contributed by atoms with E-state index in [9.17, 15) is 0 Å². The predicted molar refractivity (Wildman–Crippen MR) is 32.0 cm³/mol. The van der Waals surface area contributed by atoms with Gasteiger partial charge in [-0.15, -0.1) is 0 Å². The van der Waals surface area contributed by atoms with E-state index in [4.69, 9.17) is 0 Å². The molecular formula is C5H8MoSi. The minimum atomic E-state index is 0.421. The monoisotopic (exact) mass is 194 g/mol. The average Bonchev–Trinajstić information content (AvgIpc) is 2.14. The molecule has 0 spiro atoms. The summed E-state index contributed by atoms with van der Waals surface area (Å²) in [4.78, 5) is 0. The van der Waals surface area contributed by atoms with Crippen molar-refractivity contribution in [3.8, 4) is 0 Å². The fourth-order valence-electron chi connectivity index (χ4n) is 0.569. The molecule has 0 unspecified atom stereocenters. The maximum atomic E-state index is 2.31. The quantitative estimate of drug-likeness (QED) is 0.523. The van der Waals surface area contributed by atoms with Crippen LogP contribution in [0.1, 0.15) is 0 Å². The normalized spacial score (nSPS) is 19.4. The predicted octanol–water partition coefficient (Wildman–Crippen LogP) is 0.264. The molecule has 1 aliphatic carbocycles. The van der Waals surface area contributed by atoms with E-state index in [0.29, 0.717) is 17.8 Å². The Hall–Kier alpha value is 0.385. The van der Waals surface area contributed by atoms with Crippen LogP contribution in [0.25, 0.3) is 0 Å². The van der Waals surface area contributed by atoms with Gasteiger partial charge < -0.3 is 0 Å². The molecule has 0 saturated carbocycles. The molecular weight excluding hydrogens is 184 g/mol. The van der Waals surface area contributed by atoms with Gasteiger partial charge in [0.25, 0.3) is 0 Å². The van der Waals surface area contributed by atoms with E-state index >= 15 is 0 Å². The standard InChI is InChI=1S/C5H5.Mo.H3Si/c1-2-4-5-3-1;;/h1-5H;;1H3. The zero-order valence-corrected chi connectivity index (χ0v) is 8.30. The van der Waals surface area contributed by atoms with Crippen molar-refractivity contribution in [2.24, 2.45) is 0 Å². The Morgan fingerprint density at radius 3 is 2.14 bits per heavy atom. The van der Waals surface area contributed by atoms with Gasteiger partial charge in [0.1, 0.15) is 0 Å². The van der Waals surface area contributed by atoms with Crippen molar-refractivity contribution in [2.75, 3.05) is 0 Å². The summed E-state index contributed by atoms with van der Waals surface area (Å²) in [6.07, 6.45) is 8.95. The van der Waals surface area contributed by atoms with Crippen LogP contribution in [0.3, 0.4) is 0 Å². The molecule has 0 fully saturated rings. The third kappa shape index (κ3) is 1.39. The van der Waals surface area contributed by atoms with E-state index in [1.807, 2.05) is 0 Å². The Balaban J connectivity index is 2.44. The van der Waals surface area contributed by atoms with Crippen molar-refractivity contribution in [3.63, 3.8) is 0 Å². The topological polar surface area (TPSA) is 0 Å². The van der Waals surface area contributed by atoms with Crippen LogP contribution >= 0.6 is 0 Å². The fourth-order valence-corrected chi connectivity index (χ4v) is 3.65. The third-order valence-electron chi connectivity index (χ3n) is 0.985. The molecule has 0 amide bonds. The zero-order valence-electron chi connectivity index (χ0n) is 4.29. The third-order valence-corrected chi connectivity index (χ3v) is 6.32. The van der Waals surface area contributed by atoms with Crippen LogP contribution in [0, 0.1) is 0 Å². The summed E-state index contributed by atoms with van der Waals surface area (Å²) in [6, 6.07) is 0. The fraction of sp³-hybridized carbons (Fsp3) is 0.200. The van der Waals surface area contributed by atoms with Gasteiger partial charge in [0, 0.05) is 0 Å². The van der Waals surface area contributed by atoms with Crippen LogP contribution in [0.5, 0.6) is 0 Å². The van der Waals surface area contributed by atoms with Crippen molar-refractivity contribution in [1.29, 1.82) is 0 Å². The molecule has 0 aromatic heterocycles. The molecule has 2 heteroatoms. The molecule has 0 aliphatic heterocycles. The van der Waals surface area contributed by atoms with E-state index in [1.54, 1.807) is 0 Å². The Labute approximate surface area is 54.9 Å². The first kappa shape index (κ1) is 5.52. The van der Waals surface area contributed by atoms with Crippen molar-refractivity contribution >= 4 is 8.21 Å². The molecule has 0 aromatic rings. The van der Waals surface area contributed by atoms with Crippen molar-refractivity contribution < 1.29 is 17.8 Å². The first-order valence-corrected chi connectivity index (χ1v) is 10.3. The molecule has 0 bridgehead atoms. The number of rotatable bonds is 1. The summed E-state index contributed by atoms with van der Waals surface area (Å²) in [5.41, 5.74) is 0. The first-order chi connectivity index (χ1) is 3.43. The van der Waals surface area contributed by atoms with Crippen molar-refractivity contribution in [2.45, 2.75) is 4.31 Å². The van der Waals surface area contributed by atoms with E-state index in [0.717, 1.165) is 4.31 Å². The van der Waals surface area contributed by atoms with Gasteiger partial charge in [-0.25, -0.2) is 0 Å². The van der Waals surface area contributed by atoms with Gasteiger partial charge in [-0.3, -0.25) is 0 Å². The van der Waals surface area contributed by atoms with Crippen LogP contribution < -0.4 is 0 Å². The molecule has 7 heavy (non-hydrogen) atoms. The van der Waals surface area contributed by atoms with Gasteiger partial charge in [0.2, 0.25) is 0 Å². The second-order valence-corrected chi connectivity index (χ2v) is 6.76. The van der Waals surface area contributed by atoms with Gasteiger partial charge in [0.05, 0.1) is 0 Å². The molecule has 0 saturated heterocycles. The Morgan fingerprint density at radius 2 is 1.86 bits per heavy atom. The number of allylic oxidation sites excluding steroid dienone is 4. The van der Waals surface area contributed by atoms with Gasteiger partial charge in [-0.1, -0.05) is 0 Å². The summed E-state index contributed by atoms with van der Waals surface area (Å²) in [5.74, 6) is 0. The first-order valence-electron chi connectivity index (χ1n) is 2.31. The average molecular weight is 192 g/mol. The second kappa shape index (κ2) is 2.63. The Kier molecular flexibility index (Phi) is 2.08. The van der Waals surface area contributed by atoms with Crippen LogP contribution in [-0.4, -0.2) is 8.21 Å². The van der Waals surface area contributed by atoms with E-state index in [1.165, 1.54) is 8.21 Å². The van der Waals surface area contributed by atoms with Gasteiger partial charge in [0.15, 0.2) is 0 Å². The molecule has 0 heterocycles. The molecule has 0 nitrogen and oxygen atoms in total. The maximum absolute atomic E-state index is 2.31. The molecule has 0 radical (unpaired) electrons. The Bertz CT molecular complexity index is 94.6. The molecule has 38 valence electrons. The van der Waals surface area contributed by atoms with Crippen molar-refractivity contribution in [1.82, 2.24) is 0 Å². The van der Waals surface area contributed by atoms with E-state index < -0.39 is 0 Å². The summed E-state index contributed by atoms with van der Waals surface area (Å²) in [7, 11) is 1.46. The SMILES string of the molecule is [SiH3][Mo][CH]1C=CC=C1. The summed E-state index contributed by atoms with van der Waals surface area (Å²) in [6.45, 7) is 0. The van der Waals surface area contributed by atoms with Gasteiger partial charge in [-0.05, 0) is 0 Å². The van der Waals surface area contributed by atoms with Crippen LogP contribution in [0.15, 0.2) is 24.3 Å². The number of hydrogen-bond donors (Lipinski definition) is 0. The second-order valence-electron chi connectivity index (χ2n) is 1.47. The number of hydrogen-bond acceptors (Lipinski definition) is 0. The molecule has 0 atom stereocenters. The summed E-state index contributed by atoms with van der Waals surface area (Å²) < 4.78 is 0.928. The van der Waals surface area contributed by atoms with Crippen LogP contribution in [-0.2, 0) is 17.8 Å².